The van der Waals surface area contributed by atoms with Crippen LogP contribution < -0.4 is 5.73 Å². The molecule has 1 unspecified atom stereocenters. The molecule has 2 N–H and O–H groups in total. The molecule has 0 saturated heterocycles. The van der Waals surface area contributed by atoms with Crippen molar-refractivity contribution in [3.63, 3.8) is 0 Å². The molecule has 126 valence electrons. The third-order valence-corrected chi connectivity index (χ3v) is 4.89. The summed E-state index contributed by atoms with van der Waals surface area (Å²) in [4.78, 5) is 12.5. The summed E-state index contributed by atoms with van der Waals surface area (Å²) in [7, 11) is 0. The molecule has 1 aliphatic rings. The van der Waals surface area contributed by atoms with Gasteiger partial charge < -0.3 is 15.2 Å². The maximum absolute atomic E-state index is 12.5. The van der Waals surface area contributed by atoms with E-state index in [4.69, 9.17) is 26.8 Å². The lowest BCUT2D eigenvalue weighted by Crippen LogP contribution is -2.25. The Morgan fingerprint density at radius 2 is 2.17 bits per heavy atom. The van der Waals surface area contributed by atoms with Crippen LogP contribution >= 0.6 is 27.5 Å². The number of rotatable bonds is 3. The van der Waals surface area contributed by atoms with Crippen LogP contribution in [-0.2, 0) is 14.3 Å². The second-order valence-electron chi connectivity index (χ2n) is 5.27. The van der Waals surface area contributed by atoms with Crippen LogP contribution in [0.25, 0.3) is 0 Å². The number of nitrogens with two attached hydrogens (primary N) is 1. The maximum atomic E-state index is 12.5. The predicted octanol–water partition coefficient (Wildman–Crippen LogP) is 4.06. The zero-order valence-electron chi connectivity index (χ0n) is 13.4. The molecule has 1 aromatic rings. The third kappa shape index (κ3) is 3.28. The average molecular weight is 412 g/mol. The molecule has 0 radical (unpaired) electrons. The van der Waals surface area contributed by atoms with E-state index in [-0.39, 0.29) is 23.6 Å². The van der Waals surface area contributed by atoms with E-state index in [2.05, 4.69) is 15.9 Å². The second kappa shape index (κ2) is 7.29. The highest BCUT2D eigenvalue weighted by atomic mass is 79.9. The highest BCUT2D eigenvalue weighted by molar-refractivity contribution is 9.10. The zero-order valence-corrected chi connectivity index (χ0v) is 15.8. The minimum Gasteiger partial charge on any atom is -0.463 e. The van der Waals surface area contributed by atoms with Gasteiger partial charge in [0.15, 0.2) is 0 Å². The van der Waals surface area contributed by atoms with Crippen molar-refractivity contribution in [3.05, 3.63) is 55.5 Å². The molecule has 1 heterocycles. The van der Waals surface area contributed by atoms with Crippen molar-refractivity contribution in [2.75, 3.05) is 6.61 Å². The summed E-state index contributed by atoms with van der Waals surface area (Å²) in [6, 6.07) is 5.70. The van der Waals surface area contributed by atoms with E-state index in [1.807, 2.05) is 25.1 Å². The molecule has 1 atom stereocenters. The number of ether oxygens (including phenoxy) is 2. The van der Waals surface area contributed by atoms with Crippen molar-refractivity contribution in [3.8, 4) is 6.07 Å². The summed E-state index contributed by atoms with van der Waals surface area (Å²) in [5, 5.41) is 9.95. The van der Waals surface area contributed by atoms with Crippen molar-refractivity contribution in [2.45, 2.75) is 26.7 Å². The molecular formula is C17H16BrClN2O3. The number of benzene rings is 1. The van der Waals surface area contributed by atoms with Gasteiger partial charge in [-0.15, -0.1) is 0 Å². The van der Waals surface area contributed by atoms with Crippen LogP contribution in [0.4, 0.5) is 0 Å². The summed E-state index contributed by atoms with van der Waals surface area (Å²) in [6.07, 6.45) is 0. The quantitative estimate of drug-likeness (QED) is 0.758. The van der Waals surface area contributed by atoms with E-state index in [9.17, 15) is 10.1 Å². The highest BCUT2D eigenvalue weighted by Gasteiger charge is 2.37. The van der Waals surface area contributed by atoms with Gasteiger partial charge in [0.2, 0.25) is 5.88 Å². The number of hydrogen-bond donors (Lipinski definition) is 1. The Morgan fingerprint density at radius 1 is 1.50 bits per heavy atom. The highest BCUT2D eigenvalue weighted by Crippen LogP contribution is 2.44. The third-order valence-electron chi connectivity index (χ3n) is 3.61. The molecule has 1 aromatic carbocycles. The standard InChI is InChI=1S/C17H16BrClN2O3/c1-4-23-17(22)13-9(3)24-16(21)11(7-20)14(13)10-5-8(2)6-12(18)15(10)19/h5-6,14H,4,21H2,1-3H3. The number of allylic oxidation sites excluding steroid dienone is 2. The van der Waals surface area contributed by atoms with Gasteiger partial charge in [-0.25, -0.2) is 4.79 Å². The van der Waals surface area contributed by atoms with Gasteiger partial charge in [0, 0.05) is 4.47 Å². The fourth-order valence-electron chi connectivity index (χ4n) is 2.63. The Balaban J connectivity index is 2.75. The lowest BCUT2D eigenvalue weighted by atomic mass is 9.82. The van der Waals surface area contributed by atoms with Crippen LogP contribution in [-0.4, -0.2) is 12.6 Å². The van der Waals surface area contributed by atoms with Crippen molar-refractivity contribution in [1.29, 1.82) is 5.26 Å². The first kappa shape index (κ1) is 18.4. The summed E-state index contributed by atoms with van der Waals surface area (Å²) < 4.78 is 11.2. The molecule has 7 heteroatoms. The summed E-state index contributed by atoms with van der Waals surface area (Å²) in [5.41, 5.74) is 7.73. The van der Waals surface area contributed by atoms with Crippen LogP contribution in [0, 0.1) is 18.3 Å². The Bertz CT molecular complexity index is 809. The van der Waals surface area contributed by atoms with Crippen molar-refractivity contribution in [1.82, 2.24) is 0 Å². The smallest absolute Gasteiger partial charge is 0.338 e. The number of halogens is 2. The Hall–Kier alpha value is -1.97. The van der Waals surface area contributed by atoms with Gasteiger partial charge in [0.25, 0.3) is 0 Å². The first-order chi connectivity index (χ1) is 11.3. The Morgan fingerprint density at radius 3 is 2.75 bits per heavy atom. The van der Waals surface area contributed by atoms with Crippen LogP contribution in [0.15, 0.2) is 39.4 Å². The van der Waals surface area contributed by atoms with Crippen molar-refractivity contribution in [2.24, 2.45) is 5.73 Å². The largest absolute Gasteiger partial charge is 0.463 e. The van der Waals surface area contributed by atoms with Crippen molar-refractivity contribution >= 4 is 33.5 Å². The fourth-order valence-corrected chi connectivity index (χ4v) is 3.44. The van der Waals surface area contributed by atoms with Gasteiger partial charge in [0.1, 0.15) is 17.4 Å². The van der Waals surface area contributed by atoms with Crippen LogP contribution in [0.1, 0.15) is 30.9 Å². The number of nitriles is 1. The Kier molecular flexibility index (Phi) is 5.58. The Labute approximate surface area is 153 Å². The number of carbonyl (C=O) groups excluding carboxylic acids is 1. The van der Waals surface area contributed by atoms with E-state index in [1.54, 1.807) is 13.8 Å². The summed E-state index contributed by atoms with van der Waals surface area (Å²) in [5.74, 6) is -1.05. The molecule has 0 aliphatic carbocycles. The minimum atomic E-state index is -0.744. The van der Waals surface area contributed by atoms with Gasteiger partial charge in [-0.2, -0.15) is 5.26 Å². The molecule has 0 spiro atoms. The van der Waals surface area contributed by atoms with Crippen LogP contribution in [0.3, 0.4) is 0 Å². The number of esters is 1. The van der Waals surface area contributed by atoms with Crippen LogP contribution in [0.2, 0.25) is 5.02 Å². The lowest BCUT2D eigenvalue weighted by molar-refractivity contribution is -0.139. The topological polar surface area (TPSA) is 85.3 Å². The predicted molar refractivity (Wildman–Crippen MR) is 93.9 cm³/mol. The number of aryl methyl sites for hydroxylation is 1. The van der Waals surface area contributed by atoms with Gasteiger partial charge >= 0.3 is 5.97 Å². The van der Waals surface area contributed by atoms with Gasteiger partial charge in [-0.05, 0) is 53.9 Å². The van der Waals surface area contributed by atoms with E-state index >= 15 is 0 Å². The second-order valence-corrected chi connectivity index (χ2v) is 6.50. The number of nitrogens with zero attached hydrogens (tertiary/aromatic N) is 1. The van der Waals surface area contributed by atoms with Gasteiger partial charge in [-0.1, -0.05) is 17.7 Å². The first-order valence-electron chi connectivity index (χ1n) is 7.22. The summed E-state index contributed by atoms with van der Waals surface area (Å²) in [6.45, 7) is 5.41. The monoisotopic (exact) mass is 410 g/mol. The van der Waals surface area contributed by atoms with Gasteiger partial charge in [-0.3, -0.25) is 0 Å². The van der Waals surface area contributed by atoms with Gasteiger partial charge in [0.05, 0.1) is 23.1 Å². The fraction of sp³-hybridized carbons (Fsp3) is 0.294. The molecule has 0 aromatic heterocycles. The molecule has 0 bridgehead atoms. The molecule has 0 fully saturated rings. The molecular weight excluding hydrogens is 396 g/mol. The zero-order chi connectivity index (χ0) is 18.0. The number of hydrogen-bond acceptors (Lipinski definition) is 5. The normalized spacial score (nSPS) is 17.4. The lowest BCUT2D eigenvalue weighted by Gasteiger charge is -2.27. The molecule has 2 rings (SSSR count). The van der Waals surface area contributed by atoms with Crippen molar-refractivity contribution < 1.29 is 14.3 Å². The molecule has 1 aliphatic heterocycles. The average Bonchev–Trinajstić information content (AvgIpc) is 2.50. The molecule has 0 amide bonds. The molecule has 5 nitrogen and oxygen atoms in total. The minimum absolute atomic E-state index is 0.0401. The SMILES string of the molecule is CCOC(=O)C1=C(C)OC(N)=C(C#N)C1c1cc(C)cc(Br)c1Cl. The summed E-state index contributed by atoms with van der Waals surface area (Å²) >= 11 is 9.83. The van der Waals surface area contributed by atoms with E-state index < -0.39 is 11.9 Å². The van der Waals surface area contributed by atoms with E-state index in [1.165, 1.54) is 0 Å². The number of carbonyl (C=O) groups is 1. The van der Waals surface area contributed by atoms with Crippen LogP contribution in [0.5, 0.6) is 0 Å². The van der Waals surface area contributed by atoms with E-state index in [0.29, 0.717) is 20.8 Å². The molecule has 0 saturated carbocycles. The molecule has 24 heavy (non-hydrogen) atoms. The maximum Gasteiger partial charge on any atom is 0.338 e. The first-order valence-corrected chi connectivity index (χ1v) is 8.39. The van der Waals surface area contributed by atoms with E-state index in [0.717, 1.165) is 5.56 Å².